The van der Waals surface area contributed by atoms with Gasteiger partial charge in [-0.15, -0.1) is 11.3 Å². The van der Waals surface area contributed by atoms with Crippen molar-refractivity contribution >= 4 is 23.2 Å². The van der Waals surface area contributed by atoms with Gasteiger partial charge in [-0.05, 0) is 11.4 Å². The van der Waals surface area contributed by atoms with Crippen LogP contribution in [0.25, 0.3) is 0 Å². The first-order valence-corrected chi connectivity index (χ1v) is 5.44. The standard InChI is InChI=1S/C10H9NO4S/c12-8-7(10(14)15)5-11(9(8)13)4-6-2-1-3-16-6/h1-3,12H,4-5H2,(H,14,15). The van der Waals surface area contributed by atoms with Gasteiger partial charge in [0.1, 0.15) is 5.57 Å². The number of aliphatic carboxylic acids is 1. The van der Waals surface area contributed by atoms with E-state index in [0.717, 1.165) is 4.88 Å². The molecular weight excluding hydrogens is 230 g/mol. The Morgan fingerprint density at radius 3 is 2.81 bits per heavy atom. The van der Waals surface area contributed by atoms with Crippen LogP contribution in [0.1, 0.15) is 4.88 Å². The molecule has 2 N–H and O–H groups in total. The lowest BCUT2D eigenvalue weighted by Crippen LogP contribution is -2.26. The summed E-state index contributed by atoms with van der Waals surface area (Å²) in [7, 11) is 0. The minimum atomic E-state index is -1.25. The number of hydrogen-bond acceptors (Lipinski definition) is 4. The fraction of sp³-hybridized carbons (Fsp3) is 0.200. The highest BCUT2D eigenvalue weighted by Gasteiger charge is 2.33. The quantitative estimate of drug-likeness (QED) is 0.824. The molecule has 0 saturated carbocycles. The number of amides is 1. The summed E-state index contributed by atoms with van der Waals surface area (Å²) >= 11 is 1.48. The van der Waals surface area contributed by atoms with Gasteiger partial charge in [0.25, 0.3) is 5.91 Å². The third-order valence-electron chi connectivity index (χ3n) is 2.31. The predicted molar refractivity (Wildman–Crippen MR) is 57.0 cm³/mol. The highest BCUT2D eigenvalue weighted by Crippen LogP contribution is 2.21. The molecule has 1 aliphatic rings. The topological polar surface area (TPSA) is 77.8 Å². The van der Waals surface area contributed by atoms with Gasteiger partial charge in [0.2, 0.25) is 0 Å². The lowest BCUT2D eigenvalue weighted by molar-refractivity contribution is -0.133. The summed E-state index contributed by atoms with van der Waals surface area (Å²) in [6.45, 7) is 0.287. The van der Waals surface area contributed by atoms with Gasteiger partial charge in [-0.1, -0.05) is 6.07 Å². The number of carbonyl (C=O) groups excluding carboxylic acids is 1. The van der Waals surface area contributed by atoms with Crippen LogP contribution < -0.4 is 0 Å². The Labute approximate surface area is 95.2 Å². The van der Waals surface area contributed by atoms with Crippen molar-refractivity contribution in [2.24, 2.45) is 0 Å². The summed E-state index contributed by atoms with van der Waals surface area (Å²) in [6.07, 6.45) is 0. The molecule has 2 rings (SSSR count). The average molecular weight is 239 g/mol. The number of aliphatic hydroxyl groups excluding tert-OH is 1. The number of nitrogens with zero attached hydrogens (tertiary/aromatic N) is 1. The summed E-state index contributed by atoms with van der Waals surface area (Å²) in [6, 6.07) is 3.71. The maximum atomic E-state index is 11.5. The van der Waals surface area contributed by atoms with Crippen LogP contribution in [0.3, 0.4) is 0 Å². The van der Waals surface area contributed by atoms with Crippen molar-refractivity contribution in [2.75, 3.05) is 6.54 Å². The van der Waals surface area contributed by atoms with Crippen LogP contribution in [0.15, 0.2) is 28.8 Å². The first-order chi connectivity index (χ1) is 7.59. The third kappa shape index (κ3) is 1.79. The van der Waals surface area contributed by atoms with E-state index in [-0.39, 0.29) is 12.1 Å². The number of hydrogen-bond donors (Lipinski definition) is 2. The molecule has 0 bridgehead atoms. The number of rotatable bonds is 3. The van der Waals surface area contributed by atoms with Gasteiger partial charge >= 0.3 is 5.97 Å². The Bertz CT molecular complexity index is 463. The zero-order valence-electron chi connectivity index (χ0n) is 8.21. The van der Waals surface area contributed by atoms with Gasteiger partial charge in [0.05, 0.1) is 13.1 Å². The molecular formula is C10H9NO4S. The second-order valence-corrected chi connectivity index (χ2v) is 4.41. The van der Waals surface area contributed by atoms with E-state index in [4.69, 9.17) is 5.11 Å². The molecule has 0 radical (unpaired) electrons. The molecule has 1 amide bonds. The molecule has 1 aromatic rings. The van der Waals surface area contributed by atoms with Crippen LogP contribution in [0.4, 0.5) is 0 Å². The first kappa shape index (κ1) is 10.7. The number of carbonyl (C=O) groups is 2. The maximum Gasteiger partial charge on any atom is 0.337 e. The molecule has 2 heterocycles. The van der Waals surface area contributed by atoms with Crippen molar-refractivity contribution in [1.29, 1.82) is 0 Å². The zero-order valence-corrected chi connectivity index (χ0v) is 9.03. The fourth-order valence-corrected chi connectivity index (χ4v) is 2.22. The van der Waals surface area contributed by atoms with Gasteiger partial charge in [-0.2, -0.15) is 0 Å². The van der Waals surface area contributed by atoms with E-state index in [2.05, 4.69) is 0 Å². The lowest BCUT2D eigenvalue weighted by atomic mass is 10.3. The normalized spacial score (nSPS) is 16.0. The molecule has 0 atom stereocenters. The second-order valence-electron chi connectivity index (χ2n) is 3.37. The van der Waals surface area contributed by atoms with E-state index < -0.39 is 17.6 Å². The van der Waals surface area contributed by atoms with E-state index >= 15 is 0 Å². The molecule has 0 spiro atoms. The molecule has 0 saturated heterocycles. The van der Waals surface area contributed by atoms with Crippen LogP contribution >= 0.6 is 11.3 Å². The smallest absolute Gasteiger partial charge is 0.337 e. The van der Waals surface area contributed by atoms with Gasteiger partial charge in [0, 0.05) is 4.88 Å². The monoisotopic (exact) mass is 239 g/mol. The highest BCUT2D eigenvalue weighted by molar-refractivity contribution is 7.09. The van der Waals surface area contributed by atoms with E-state index in [1.807, 2.05) is 17.5 Å². The summed E-state index contributed by atoms with van der Waals surface area (Å²) in [5.74, 6) is -2.52. The van der Waals surface area contributed by atoms with Gasteiger partial charge in [-0.25, -0.2) is 4.79 Å². The zero-order chi connectivity index (χ0) is 11.7. The lowest BCUT2D eigenvalue weighted by Gasteiger charge is -2.14. The molecule has 5 nitrogen and oxygen atoms in total. The average Bonchev–Trinajstić information content (AvgIpc) is 2.82. The SMILES string of the molecule is O=C(O)C1=C(O)C(=O)N(Cc2cccs2)C1. The fourth-order valence-electron chi connectivity index (χ4n) is 1.50. The van der Waals surface area contributed by atoms with Crippen molar-refractivity contribution in [3.63, 3.8) is 0 Å². The van der Waals surface area contributed by atoms with Crippen molar-refractivity contribution in [3.05, 3.63) is 33.7 Å². The molecule has 0 unspecified atom stereocenters. The summed E-state index contributed by atoms with van der Waals surface area (Å²) < 4.78 is 0. The number of thiophene rings is 1. The molecule has 0 aromatic carbocycles. The first-order valence-electron chi connectivity index (χ1n) is 4.56. The summed E-state index contributed by atoms with van der Waals surface area (Å²) in [4.78, 5) is 24.5. The van der Waals surface area contributed by atoms with E-state index in [9.17, 15) is 14.7 Å². The van der Waals surface area contributed by atoms with E-state index in [1.54, 1.807) is 0 Å². The van der Waals surface area contributed by atoms with Crippen molar-refractivity contribution in [3.8, 4) is 0 Å². The minimum Gasteiger partial charge on any atom is -0.503 e. The molecule has 0 aliphatic carbocycles. The minimum absolute atomic E-state index is 0.0438. The van der Waals surface area contributed by atoms with Crippen LogP contribution in [0, 0.1) is 0 Å². The van der Waals surface area contributed by atoms with E-state index in [0.29, 0.717) is 6.54 Å². The number of carboxylic acid groups (broad SMARTS) is 1. The largest absolute Gasteiger partial charge is 0.503 e. The summed E-state index contributed by atoms with van der Waals surface area (Å²) in [5, 5.41) is 20.0. The molecule has 0 fully saturated rings. The van der Waals surface area contributed by atoms with Crippen LogP contribution in [0.5, 0.6) is 0 Å². The Balaban J connectivity index is 2.13. The molecule has 1 aliphatic heterocycles. The van der Waals surface area contributed by atoms with Gasteiger partial charge in [-0.3, -0.25) is 4.79 Å². The molecule has 6 heteroatoms. The predicted octanol–water partition coefficient (Wildman–Crippen LogP) is 0.987. The maximum absolute atomic E-state index is 11.5. The Hall–Kier alpha value is -1.82. The Morgan fingerprint density at radius 2 is 2.31 bits per heavy atom. The number of aliphatic hydroxyl groups is 1. The molecule has 1 aromatic heterocycles. The summed E-state index contributed by atoms with van der Waals surface area (Å²) in [5.41, 5.74) is -0.235. The van der Waals surface area contributed by atoms with Crippen molar-refractivity contribution in [1.82, 2.24) is 4.90 Å². The third-order valence-corrected chi connectivity index (χ3v) is 3.17. The van der Waals surface area contributed by atoms with E-state index in [1.165, 1.54) is 16.2 Å². The van der Waals surface area contributed by atoms with Gasteiger partial charge < -0.3 is 15.1 Å². The molecule has 16 heavy (non-hydrogen) atoms. The highest BCUT2D eigenvalue weighted by atomic mass is 32.1. The Morgan fingerprint density at radius 1 is 1.56 bits per heavy atom. The second kappa shape index (κ2) is 3.97. The Kier molecular flexibility index (Phi) is 2.66. The van der Waals surface area contributed by atoms with Crippen LogP contribution in [0.2, 0.25) is 0 Å². The van der Waals surface area contributed by atoms with Crippen molar-refractivity contribution < 1.29 is 19.8 Å². The van der Waals surface area contributed by atoms with Gasteiger partial charge in [0.15, 0.2) is 5.76 Å². The van der Waals surface area contributed by atoms with Crippen LogP contribution in [-0.2, 0) is 16.1 Å². The van der Waals surface area contributed by atoms with Crippen LogP contribution in [-0.4, -0.2) is 33.5 Å². The number of carboxylic acids is 1. The van der Waals surface area contributed by atoms with Crippen molar-refractivity contribution in [2.45, 2.75) is 6.54 Å². The molecule has 84 valence electrons.